The topological polar surface area (TPSA) is 98.3 Å². The summed E-state index contributed by atoms with van der Waals surface area (Å²) >= 11 is 0. The van der Waals surface area contributed by atoms with Gasteiger partial charge in [0.1, 0.15) is 0 Å². The smallest absolute Gasteiger partial charge is 0.272 e. The van der Waals surface area contributed by atoms with Crippen LogP contribution in [-0.4, -0.2) is 17.4 Å². The number of nitrogens with one attached hydrogen (secondary N) is 1. The molecule has 0 saturated heterocycles. The van der Waals surface area contributed by atoms with E-state index in [0.29, 0.717) is 24.9 Å². The summed E-state index contributed by atoms with van der Waals surface area (Å²) in [6.45, 7) is 3.96. The fourth-order valence-corrected chi connectivity index (χ4v) is 1.75. The van der Waals surface area contributed by atoms with Crippen molar-refractivity contribution in [1.82, 2.24) is 5.32 Å². The first kappa shape index (κ1) is 18.3. The lowest BCUT2D eigenvalue weighted by Crippen LogP contribution is -2.27. The third-order valence-electron chi connectivity index (χ3n) is 2.92. The number of rotatable bonds is 6. The molecule has 1 rings (SSSR count). The summed E-state index contributed by atoms with van der Waals surface area (Å²) in [5.41, 5.74) is 6.73. The van der Waals surface area contributed by atoms with E-state index in [0.717, 1.165) is 5.56 Å². The number of carbonyl (C=O) groups is 1. The Labute approximate surface area is 124 Å². The van der Waals surface area contributed by atoms with Crippen molar-refractivity contribution in [3.05, 3.63) is 39.4 Å². The molecule has 7 heteroatoms. The number of nitrogens with two attached hydrogens (primary N) is 1. The van der Waals surface area contributed by atoms with Crippen molar-refractivity contribution in [2.45, 2.75) is 32.7 Å². The second kappa shape index (κ2) is 8.50. The fourth-order valence-electron chi connectivity index (χ4n) is 1.75. The first-order chi connectivity index (χ1) is 8.95. The molecule has 1 atom stereocenters. The van der Waals surface area contributed by atoms with Gasteiger partial charge in [-0.25, -0.2) is 0 Å². The van der Waals surface area contributed by atoms with Gasteiger partial charge < -0.3 is 11.1 Å². The van der Waals surface area contributed by atoms with E-state index in [9.17, 15) is 14.9 Å². The van der Waals surface area contributed by atoms with Crippen molar-refractivity contribution in [2.24, 2.45) is 5.73 Å². The molecule has 0 aliphatic heterocycles. The van der Waals surface area contributed by atoms with E-state index in [1.54, 1.807) is 26.0 Å². The number of carbonyl (C=O) groups excluding carboxylic acids is 1. The molecule has 0 aliphatic carbocycles. The maximum Gasteiger partial charge on any atom is 0.272 e. The highest BCUT2D eigenvalue weighted by Gasteiger charge is 2.15. The first-order valence-electron chi connectivity index (χ1n) is 6.20. The molecular weight excluding hydrogens is 282 g/mol. The van der Waals surface area contributed by atoms with Crippen molar-refractivity contribution >= 4 is 24.0 Å². The first-order valence-corrected chi connectivity index (χ1v) is 6.20. The zero-order chi connectivity index (χ0) is 14.4. The SMILES string of the molecule is Cc1ccc(C(C)NC(=O)CCCN)cc1[N+](=O)[O-].Cl. The van der Waals surface area contributed by atoms with Crippen LogP contribution in [0, 0.1) is 17.0 Å². The van der Waals surface area contributed by atoms with Crippen LogP contribution in [0.1, 0.15) is 36.9 Å². The van der Waals surface area contributed by atoms with E-state index < -0.39 is 4.92 Å². The fraction of sp³-hybridized carbons (Fsp3) is 0.462. The van der Waals surface area contributed by atoms with Crippen molar-refractivity contribution in [3.63, 3.8) is 0 Å². The molecule has 0 radical (unpaired) electrons. The van der Waals surface area contributed by atoms with Gasteiger partial charge in [0.15, 0.2) is 0 Å². The van der Waals surface area contributed by atoms with Gasteiger partial charge in [-0.1, -0.05) is 12.1 Å². The number of benzene rings is 1. The van der Waals surface area contributed by atoms with Crippen molar-refractivity contribution in [2.75, 3.05) is 6.54 Å². The van der Waals surface area contributed by atoms with Crippen LogP contribution < -0.4 is 11.1 Å². The lowest BCUT2D eigenvalue weighted by molar-refractivity contribution is -0.385. The number of halogens is 1. The Hall–Kier alpha value is -1.66. The summed E-state index contributed by atoms with van der Waals surface area (Å²) in [6.07, 6.45) is 1.00. The summed E-state index contributed by atoms with van der Waals surface area (Å²) in [6, 6.07) is 4.72. The Morgan fingerprint density at radius 2 is 2.15 bits per heavy atom. The maximum atomic E-state index is 11.6. The molecule has 0 spiro atoms. The molecule has 6 nitrogen and oxygen atoms in total. The van der Waals surface area contributed by atoms with E-state index in [1.165, 1.54) is 6.07 Å². The Morgan fingerprint density at radius 1 is 1.50 bits per heavy atom. The summed E-state index contributed by atoms with van der Waals surface area (Å²) in [4.78, 5) is 22.0. The molecule has 1 unspecified atom stereocenters. The van der Waals surface area contributed by atoms with Crippen molar-refractivity contribution in [1.29, 1.82) is 0 Å². The number of hydrogen-bond donors (Lipinski definition) is 2. The normalized spacial score (nSPS) is 11.3. The Morgan fingerprint density at radius 3 is 2.70 bits per heavy atom. The predicted octanol–water partition coefficient (Wildman–Crippen LogP) is 2.24. The lowest BCUT2D eigenvalue weighted by atomic mass is 10.0. The molecular formula is C13H20ClN3O3. The highest BCUT2D eigenvalue weighted by Crippen LogP contribution is 2.23. The Kier molecular flexibility index (Phi) is 7.79. The van der Waals surface area contributed by atoms with Gasteiger partial charge in [-0.3, -0.25) is 14.9 Å². The van der Waals surface area contributed by atoms with Crippen LogP contribution in [0.2, 0.25) is 0 Å². The van der Waals surface area contributed by atoms with Gasteiger partial charge >= 0.3 is 0 Å². The van der Waals surface area contributed by atoms with E-state index in [4.69, 9.17) is 5.73 Å². The third kappa shape index (κ3) is 5.14. The molecule has 1 aromatic rings. The number of nitrogens with zero attached hydrogens (tertiary/aromatic N) is 1. The zero-order valence-corrected chi connectivity index (χ0v) is 12.4. The van der Waals surface area contributed by atoms with Gasteiger partial charge in [0, 0.05) is 18.1 Å². The molecule has 3 N–H and O–H groups in total. The molecule has 20 heavy (non-hydrogen) atoms. The van der Waals surface area contributed by atoms with Crippen LogP contribution in [-0.2, 0) is 4.79 Å². The van der Waals surface area contributed by atoms with Gasteiger partial charge in [0.2, 0.25) is 5.91 Å². The molecule has 112 valence electrons. The zero-order valence-electron chi connectivity index (χ0n) is 11.6. The number of hydrogen-bond acceptors (Lipinski definition) is 4. The van der Waals surface area contributed by atoms with Crippen LogP contribution >= 0.6 is 12.4 Å². The Bertz CT molecular complexity index is 480. The van der Waals surface area contributed by atoms with Gasteiger partial charge in [-0.05, 0) is 32.4 Å². The van der Waals surface area contributed by atoms with E-state index in [1.807, 2.05) is 0 Å². The molecule has 1 amide bonds. The number of nitro groups is 1. The van der Waals surface area contributed by atoms with Crippen molar-refractivity contribution in [3.8, 4) is 0 Å². The monoisotopic (exact) mass is 301 g/mol. The highest BCUT2D eigenvalue weighted by molar-refractivity contribution is 5.85. The Balaban J connectivity index is 0.00000361. The largest absolute Gasteiger partial charge is 0.350 e. The average molecular weight is 302 g/mol. The van der Waals surface area contributed by atoms with Gasteiger partial charge in [0.25, 0.3) is 5.69 Å². The van der Waals surface area contributed by atoms with E-state index in [-0.39, 0.29) is 30.0 Å². The third-order valence-corrected chi connectivity index (χ3v) is 2.92. The molecule has 1 aromatic carbocycles. The van der Waals surface area contributed by atoms with Crippen LogP contribution in [0.15, 0.2) is 18.2 Å². The van der Waals surface area contributed by atoms with E-state index in [2.05, 4.69) is 5.32 Å². The molecule has 0 saturated carbocycles. The second-order valence-electron chi connectivity index (χ2n) is 4.48. The van der Waals surface area contributed by atoms with Crippen LogP contribution in [0.4, 0.5) is 5.69 Å². The average Bonchev–Trinajstić information content (AvgIpc) is 2.36. The number of aryl methyl sites for hydroxylation is 1. The van der Waals surface area contributed by atoms with Crippen LogP contribution in [0.25, 0.3) is 0 Å². The maximum absolute atomic E-state index is 11.6. The molecule has 0 fully saturated rings. The molecule has 0 heterocycles. The number of nitro benzene ring substituents is 1. The summed E-state index contributed by atoms with van der Waals surface area (Å²) < 4.78 is 0. The van der Waals surface area contributed by atoms with Crippen LogP contribution in [0.5, 0.6) is 0 Å². The van der Waals surface area contributed by atoms with Crippen LogP contribution in [0.3, 0.4) is 0 Å². The predicted molar refractivity (Wildman–Crippen MR) is 79.9 cm³/mol. The van der Waals surface area contributed by atoms with Crippen molar-refractivity contribution < 1.29 is 9.72 Å². The minimum absolute atomic E-state index is 0. The minimum Gasteiger partial charge on any atom is -0.350 e. The minimum atomic E-state index is -0.415. The summed E-state index contributed by atoms with van der Waals surface area (Å²) in [7, 11) is 0. The second-order valence-corrected chi connectivity index (χ2v) is 4.48. The molecule has 0 aromatic heterocycles. The number of amides is 1. The summed E-state index contributed by atoms with van der Waals surface area (Å²) in [5.74, 6) is -0.0961. The molecule has 0 bridgehead atoms. The summed E-state index contributed by atoms with van der Waals surface area (Å²) in [5, 5.41) is 13.7. The van der Waals surface area contributed by atoms with Gasteiger partial charge in [-0.15, -0.1) is 12.4 Å². The van der Waals surface area contributed by atoms with E-state index >= 15 is 0 Å². The standard InChI is InChI=1S/C13H19N3O3.ClH/c1-9-5-6-11(8-12(9)16(18)19)10(2)15-13(17)4-3-7-14;/h5-6,8,10H,3-4,7,14H2,1-2H3,(H,15,17);1H. The lowest BCUT2D eigenvalue weighted by Gasteiger charge is -2.14. The quantitative estimate of drug-likeness (QED) is 0.622. The molecule has 0 aliphatic rings. The van der Waals surface area contributed by atoms with Gasteiger partial charge in [0.05, 0.1) is 11.0 Å². The van der Waals surface area contributed by atoms with Gasteiger partial charge in [-0.2, -0.15) is 0 Å². The highest BCUT2D eigenvalue weighted by atomic mass is 35.5.